The first-order chi connectivity index (χ1) is 16.0. The highest BCUT2D eigenvalue weighted by molar-refractivity contribution is 5.79. The molecule has 33 heavy (non-hydrogen) atoms. The third-order valence-electron chi connectivity index (χ3n) is 6.78. The Balaban J connectivity index is 1.55. The summed E-state index contributed by atoms with van der Waals surface area (Å²) in [4.78, 5) is 12.3. The largest absolute Gasteiger partial charge is 0.504 e. The lowest BCUT2D eigenvalue weighted by Crippen LogP contribution is -2.31. The van der Waals surface area contributed by atoms with Crippen molar-refractivity contribution in [3.8, 4) is 11.5 Å². The maximum absolute atomic E-state index is 12.3. The Morgan fingerprint density at radius 2 is 1.85 bits per heavy atom. The summed E-state index contributed by atoms with van der Waals surface area (Å²) in [5.74, 6) is 1.19. The number of Topliss-reactive ketones (excluding diaryl/α,β-unsaturated/α-hetero) is 1. The van der Waals surface area contributed by atoms with Gasteiger partial charge in [0.15, 0.2) is 11.5 Å². The van der Waals surface area contributed by atoms with Crippen LogP contribution in [0.15, 0.2) is 48.5 Å². The second kappa shape index (κ2) is 13.4. The summed E-state index contributed by atoms with van der Waals surface area (Å²) in [6.45, 7) is 2.13. The summed E-state index contributed by atoms with van der Waals surface area (Å²) in [5.41, 5.74) is 2.30. The van der Waals surface area contributed by atoms with E-state index in [0.717, 1.165) is 50.5 Å². The van der Waals surface area contributed by atoms with Crippen LogP contribution in [0.3, 0.4) is 0 Å². The second-order valence-corrected chi connectivity index (χ2v) is 9.59. The van der Waals surface area contributed by atoms with Crippen molar-refractivity contribution in [2.45, 2.75) is 96.2 Å². The predicted octanol–water partition coefficient (Wildman–Crippen LogP) is 6.41. The first-order valence-electron chi connectivity index (χ1n) is 12.8. The number of aliphatic hydroxyl groups is 1. The van der Waals surface area contributed by atoms with Crippen molar-refractivity contribution in [1.82, 2.24) is 0 Å². The molecule has 0 aliphatic heterocycles. The Labute approximate surface area is 199 Å². The van der Waals surface area contributed by atoms with Gasteiger partial charge in [-0.1, -0.05) is 69.0 Å². The average Bonchev–Trinajstić information content (AvgIpc) is 2.81. The first kappa shape index (κ1) is 25.3. The number of phenols is 1. The van der Waals surface area contributed by atoms with Crippen LogP contribution in [-0.2, 0) is 17.6 Å². The standard InChI is InChI=1S/C29H40O4/c1-2-3-5-13-25(30)21-26(31)17-15-23-16-18-27(32)29(20-23)33-28-14-9-8-12-24(28)19-22-10-6-4-7-11-22/h4,6-7,10-11,16,18,20,24-25,28,30,32H,2-3,5,8-9,12-15,17,19,21H2,1H3. The molecular weight excluding hydrogens is 412 g/mol. The number of carbonyl (C=O) groups is 1. The lowest BCUT2D eigenvalue weighted by atomic mass is 9.82. The number of hydrogen-bond acceptors (Lipinski definition) is 4. The summed E-state index contributed by atoms with van der Waals surface area (Å²) in [6.07, 6.45) is 10.1. The van der Waals surface area contributed by atoms with Crippen LogP contribution >= 0.6 is 0 Å². The summed E-state index contributed by atoms with van der Waals surface area (Å²) in [7, 11) is 0. The van der Waals surface area contributed by atoms with Gasteiger partial charge in [-0.2, -0.15) is 0 Å². The normalized spacial score (nSPS) is 19.2. The molecule has 2 aromatic rings. The number of aromatic hydroxyl groups is 1. The van der Waals surface area contributed by atoms with Crippen molar-refractivity contribution in [3.05, 3.63) is 59.7 Å². The van der Waals surface area contributed by atoms with E-state index in [9.17, 15) is 15.0 Å². The van der Waals surface area contributed by atoms with Crippen LogP contribution in [0.1, 0.15) is 82.3 Å². The van der Waals surface area contributed by atoms with E-state index >= 15 is 0 Å². The molecular formula is C29H40O4. The zero-order valence-electron chi connectivity index (χ0n) is 20.0. The van der Waals surface area contributed by atoms with Crippen molar-refractivity contribution < 1.29 is 19.7 Å². The maximum Gasteiger partial charge on any atom is 0.161 e. The molecule has 4 nitrogen and oxygen atoms in total. The Kier molecular flexibility index (Phi) is 10.3. The molecule has 1 fully saturated rings. The van der Waals surface area contributed by atoms with E-state index < -0.39 is 6.10 Å². The molecule has 180 valence electrons. The molecule has 3 rings (SSSR count). The van der Waals surface area contributed by atoms with Crippen molar-refractivity contribution in [2.24, 2.45) is 5.92 Å². The fraction of sp³-hybridized carbons (Fsp3) is 0.552. The molecule has 2 aromatic carbocycles. The smallest absolute Gasteiger partial charge is 0.161 e. The molecule has 0 amide bonds. The van der Waals surface area contributed by atoms with E-state index in [1.165, 1.54) is 12.0 Å². The van der Waals surface area contributed by atoms with E-state index in [-0.39, 0.29) is 24.1 Å². The highest BCUT2D eigenvalue weighted by Gasteiger charge is 2.27. The predicted molar refractivity (Wildman–Crippen MR) is 133 cm³/mol. The van der Waals surface area contributed by atoms with Crippen LogP contribution < -0.4 is 4.74 Å². The van der Waals surface area contributed by atoms with Gasteiger partial charge in [-0.05, 0) is 67.7 Å². The number of benzene rings is 2. The molecule has 0 spiro atoms. The molecule has 1 aliphatic rings. The fourth-order valence-electron chi connectivity index (χ4n) is 4.83. The molecule has 1 aliphatic carbocycles. The minimum atomic E-state index is -0.532. The number of ketones is 1. The molecule has 3 unspecified atom stereocenters. The average molecular weight is 453 g/mol. The zero-order chi connectivity index (χ0) is 23.5. The Bertz CT molecular complexity index is 848. The van der Waals surface area contributed by atoms with Gasteiger partial charge in [0.05, 0.1) is 6.10 Å². The fourth-order valence-corrected chi connectivity index (χ4v) is 4.83. The SMILES string of the molecule is CCCCCC(O)CC(=O)CCc1ccc(O)c(OC2CCCCC2Cc2ccccc2)c1. The summed E-state index contributed by atoms with van der Waals surface area (Å²) >= 11 is 0. The third-order valence-corrected chi connectivity index (χ3v) is 6.78. The number of aliphatic hydroxyl groups excluding tert-OH is 1. The lowest BCUT2D eigenvalue weighted by molar-refractivity contribution is -0.121. The molecule has 4 heteroatoms. The van der Waals surface area contributed by atoms with Crippen LogP contribution in [-0.4, -0.2) is 28.2 Å². The molecule has 2 N–H and O–H groups in total. The van der Waals surface area contributed by atoms with Crippen LogP contribution in [0.4, 0.5) is 0 Å². The lowest BCUT2D eigenvalue weighted by Gasteiger charge is -2.32. The Morgan fingerprint density at radius 3 is 2.64 bits per heavy atom. The summed E-state index contributed by atoms with van der Waals surface area (Å²) in [5, 5.41) is 20.5. The van der Waals surface area contributed by atoms with Gasteiger partial charge in [0.2, 0.25) is 0 Å². The van der Waals surface area contributed by atoms with Gasteiger partial charge >= 0.3 is 0 Å². The van der Waals surface area contributed by atoms with Gasteiger partial charge in [-0.15, -0.1) is 0 Å². The van der Waals surface area contributed by atoms with E-state index in [1.54, 1.807) is 6.07 Å². The van der Waals surface area contributed by atoms with Crippen molar-refractivity contribution >= 4 is 5.78 Å². The van der Waals surface area contributed by atoms with Crippen LogP contribution in [0.5, 0.6) is 11.5 Å². The van der Waals surface area contributed by atoms with Crippen LogP contribution in [0.2, 0.25) is 0 Å². The van der Waals surface area contributed by atoms with Gasteiger partial charge < -0.3 is 14.9 Å². The number of hydrogen-bond donors (Lipinski definition) is 2. The van der Waals surface area contributed by atoms with Gasteiger partial charge in [0.25, 0.3) is 0 Å². The number of ether oxygens (including phenoxy) is 1. The van der Waals surface area contributed by atoms with E-state index in [2.05, 4.69) is 31.2 Å². The Hall–Kier alpha value is -2.33. The Morgan fingerprint density at radius 1 is 1.06 bits per heavy atom. The number of unbranched alkanes of at least 4 members (excludes halogenated alkanes) is 2. The van der Waals surface area contributed by atoms with Gasteiger partial charge in [0, 0.05) is 12.8 Å². The molecule has 0 heterocycles. The van der Waals surface area contributed by atoms with Crippen molar-refractivity contribution in [3.63, 3.8) is 0 Å². The minimum Gasteiger partial charge on any atom is -0.504 e. The number of phenolic OH excluding ortho intramolecular Hbond substituents is 1. The van der Waals surface area contributed by atoms with E-state index in [0.29, 0.717) is 30.9 Å². The monoisotopic (exact) mass is 452 g/mol. The van der Waals surface area contributed by atoms with Crippen LogP contribution in [0, 0.1) is 5.92 Å². The third kappa shape index (κ3) is 8.51. The summed E-state index contributed by atoms with van der Waals surface area (Å²) in [6, 6.07) is 15.9. The van der Waals surface area contributed by atoms with Crippen LogP contribution in [0.25, 0.3) is 0 Å². The summed E-state index contributed by atoms with van der Waals surface area (Å²) < 4.78 is 6.36. The molecule has 0 bridgehead atoms. The van der Waals surface area contributed by atoms with Crippen molar-refractivity contribution in [1.29, 1.82) is 0 Å². The van der Waals surface area contributed by atoms with Gasteiger partial charge in [-0.25, -0.2) is 0 Å². The molecule has 0 aromatic heterocycles. The highest BCUT2D eigenvalue weighted by Crippen LogP contribution is 2.35. The number of rotatable bonds is 13. The van der Waals surface area contributed by atoms with E-state index in [1.807, 2.05) is 18.2 Å². The van der Waals surface area contributed by atoms with Gasteiger partial charge in [-0.3, -0.25) is 4.79 Å². The zero-order valence-corrected chi connectivity index (χ0v) is 20.0. The maximum atomic E-state index is 12.3. The number of aryl methyl sites for hydroxylation is 1. The van der Waals surface area contributed by atoms with Crippen molar-refractivity contribution in [2.75, 3.05) is 0 Å². The number of carbonyl (C=O) groups excluding carboxylic acids is 1. The second-order valence-electron chi connectivity index (χ2n) is 9.59. The topological polar surface area (TPSA) is 66.8 Å². The quantitative estimate of drug-likeness (QED) is 0.345. The first-order valence-corrected chi connectivity index (χ1v) is 12.8. The molecule has 0 radical (unpaired) electrons. The molecule has 0 saturated heterocycles. The minimum absolute atomic E-state index is 0.0833. The highest BCUT2D eigenvalue weighted by atomic mass is 16.5. The van der Waals surface area contributed by atoms with E-state index in [4.69, 9.17) is 4.74 Å². The van der Waals surface area contributed by atoms with Gasteiger partial charge in [0.1, 0.15) is 11.9 Å². The molecule has 3 atom stereocenters. The molecule has 1 saturated carbocycles.